The van der Waals surface area contributed by atoms with E-state index in [4.69, 9.17) is 14.2 Å². The van der Waals surface area contributed by atoms with Gasteiger partial charge in [-0.15, -0.1) is 0 Å². The molecule has 0 heterocycles. The Hall–Kier alpha value is -2.37. The van der Waals surface area contributed by atoms with Crippen LogP contribution in [-0.4, -0.2) is 37.2 Å². The minimum absolute atomic E-state index is 0.0722. The number of rotatable bonds is 45. The summed E-state index contributed by atoms with van der Waals surface area (Å²) in [6.07, 6.45) is 54.1. The molecule has 6 nitrogen and oxygen atoms in total. The third kappa shape index (κ3) is 44.7. The molecule has 0 spiro atoms. The Morgan fingerprint density at radius 2 is 0.672 bits per heavy atom. The summed E-state index contributed by atoms with van der Waals surface area (Å²) in [5.41, 5.74) is 0. The van der Waals surface area contributed by atoms with Crippen molar-refractivity contribution in [1.82, 2.24) is 0 Å². The highest BCUT2D eigenvalue weighted by atomic mass is 16.6. The molecular formula is C52H94O6. The van der Waals surface area contributed by atoms with Crippen LogP contribution >= 0.6 is 0 Å². The minimum atomic E-state index is -0.770. The molecule has 0 saturated heterocycles. The van der Waals surface area contributed by atoms with Gasteiger partial charge in [-0.2, -0.15) is 0 Å². The van der Waals surface area contributed by atoms with E-state index in [2.05, 4.69) is 57.2 Å². The predicted octanol–water partition coefficient (Wildman–Crippen LogP) is 16.1. The Bertz CT molecular complexity index is 984. The van der Waals surface area contributed by atoms with Gasteiger partial charge in [-0.1, -0.05) is 237 Å². The van der Waals surface area contributed by atoms with Gasteiger partial charge in [-0.3, -0.25) is 14.4 Å². The maximum atomic E-state index is 12.8. The van der Waals surface area contributed by atoms with Crippen LogP contribution in [0.4, 0.5) is 0 Å². The molecule has 0 rings (SSSR count). The van der Waals surface area contributed by atoms with Crippen LogP contribution in [0.15, 0.2) is 36.5 Å². The number of carbonyl (C=O) groups excluding carboxylic acids is 3. The number of allylic oxidation sites excluding steroid dienone is 6. The molecular weight excluding hydrogens is 721 g/mol. The van der Waals surface area contributed by atoms with Crippen molar-refractivity contribution in [1.29, 1.82) is 0 Å². The second-order valence-electron chi connectivity index (χ2n) is 16.8. The predicted molar refractivity (Wildman–Crippen MR) is 247 cm³/mol. The molecule has 0 radical (unpaired) electrons. The summed E-state index contributed by atoms with van der Waals surface area (Å²) in [5.74, 6) is -0.876. The Balaban J connectivity index is 4.34. The van der Waals surface area contributed by atoms with Crippen molar-refractivity contribution in [2.45, 2.75) is 264 Å². The van der Waals surface area contributed by atoms with Gasteiger partial charge in [0.2, 0.25) is 0 Å². The molecule has 0 fully saturated rings. The molecule has 0 aromatic carbocycles. The first-order chi connectivity index (χ1) is 28.5. The number of unbranched alkanes of at least 4 members (excludes halogenated alkanes) is 30. The van der Waals surface area contributed by atoms with Gasteiger partial charge in [0.25, 0.3) is 0 Å². The van der Waals surface area contributed by atoms with E-state index >= 15 is 0 Å². The zero-order valence-corrected chi connectivity index (χ0v) is 38.6. The van der Waals surface area contributed by atoms with Crippen LogP contribution in [0.5, 0.6) is 0 Å². The fourth-order valence-electron chi connectivity index (χ4n) is 7.21. The van der Waals surface area contributed by atoms with Crippen molar-refractivity contribution in [2.75, 3.05) is 13.2 Å². The Labute approximate surface area is 359 Å². The van der Waals surface area contributed by atoms with Gasteiger partial charge in [0.15, 0.2) is 6.10 Å². The number of esters is 3. The monoisotopic (exact) mass is 815 g/mol. The molecule has 0 saturated carbocycles. The maximum Gasteiger partial charge on any atom is 0.306 e. The topological polar surface area (TPSA) is 78.9 Å². The van der Waals surface area contributed by atoms with Crippen LogP contribution < -0.4 is 0 Å². The molecule has 58 heavy (non-hydrogen) atoms. The molecule has 1 unspecified atom stereocenters. The second kappa shape index (κ2) is 47.3. The SMILES string of the molecule is CC\C=C/C=C\C=C/CCCCCCCCCC(=O)OCC(COC(=O)CCCCCCCCCCCC)OC(=O)CCCCCCCCCCCCCCCCC. The average molecular weight is 815 g/mol. The molecule has 0 aliphatic heterocycles. The molecule has 0 aromatic rings. The molecule has 6 heteroatoms. The highest BCUT2D eigenvalue weighted by molar-refractivity contribution is 5.71. The van der Waals surface area contributed by atoms with E-state index in [1.165, 1.54) is 148 Å². The smallest absolute Gasteiger partial charge is 0.306 e. The Morgan fingerprint density at radius 3 is 1.03 bits per heavy atom. The van der Waals surface area contributed by atoms with E-state index in [9.17, 15) is 14.4 Å². The molecule has 0 aliphatic rings. The summed E-state index contributed by atoms with van der Waals surface area (Å²) in [4.78, 5) is 37.9. The van der Waals surface area contributed by atoms with E-state index in [0.717, 1.165) is 70.6 Å². The fraction of sp³-hybridized carbons (Fsp3) is 0.827. The number of hydrogen-bond acceptors (Lipinski definition) is 6. The summed E-state index contributed by atoms with van der Waals surface area (Å²) >= 11 is 0. The van der Waals surface area contributed by atoms with Gasteiger partial charge in [0, 0.05) is 19.3 Å². The van der Waals surface area contributed by atoms with E-state index in [0.29, 0.717) is 19.3 Å². The fourth-order valence-corrected chi connectivity index (χ4v) is 7.21. The zero-order valence-electron chi connectivity index (χ0n) is 38.6. The highest BCUT2D eigenvalue weighted by Crippen LogP contribution is 2.16. The summed E-state index contributed by atoms with van der Waals surface area (Å²) in [7, 11) is 0. The van der Waals surface area contributed by atoms with Gasteiger partial charge in [-0.05, 0) is 38.5 Å². The lowest BCUT2D eigenvalue weighted by atomic mass is 10.0. The van der Waals surface area contributed by atoms with E-state index in [1.807, 2.05) is 0 Å². The van der Waals surface area contributed by atoms with Crippen LogP contribution in [0.1, 0.15) is 258 Å². The van der Waals surface area contributed by atoms with E-state index < -0.39 is 6.10 Å². The number of hydrogen-bond donors (Lipinski definition) is 0. The van der Waals surface area contributed by atoms with Crippen LogP contribution in [0, 0.1) is 0 Å². The highest BCUT2D eigenvalue weighted by Gasteiger charge is 2.19. The van der Waals surface area contributed by atoms with Gasteiger partial charge >= 0.3 is 17.9 Å². The van der Waals surface area contributed by atoms with Gasteiger partial charge < -0.3 is 14.2 Å². The molecule has 0 amide bonds. The standard InChI is InChI=1S/C52H94O6/c1-4-7-10-13-16-19-22-24-26-28-30-33-36-39-42-45-51(54)57-48-49(47-56-50(53)44-41-38-35-32-21-18-15-12-9-6-3)58-52(55)46-43-40-37-34-31-29-27-25-23-20-17-14-11-8-5-2/h7,10,13,16,19,22,49H,4-6,8-9,11-12,14-15,17-18,20-21,23-48H2,1-3H3/b10-7-,16-13-,22-19-. The molecule has 0 aromatic heterocycles. The van der Waals surface area contributed by atoms with Crippen molar-refractivity contribution in [3.63, 3.8) is 0 Å². The van der Waals surface area contributed by atoms with Crippen molar-refractivity contribution in [2.24, 2.45) is 0 Å². The van der Waals surface area contributed by atoms with Gasteiger partial charge in [0.1, 0.15) is 13.2 Å². The Morgan fingerprint density at radius 1 is 0.362 bits per heavy atom. The average Bonchev–Trinajstić information content (AvgIpc) is 3.22. The van der Waals surface area contributed by atoms with Crippen molar-refractivity contribution in [3.05, 3.63) is 36.5 Å². The summed E-state index contributed by atoms with van der Waals surface area (Å²) in [6.45, 7) is 6.50. The molecule has 338 valence electrons. The molecule has 0 bridgehead atoms. The third-order valence-electron chi connectivity index (χ3n) is 11.0. The maximum absolute atomic E-state index is 12.8. The molecule has 0 N–H and O–H groups in total. The van der Waals surface area contributed by atoms with Crippen LogP contribution in [0.3, 0.4) is 0 Å². The second-order valence-corrected chi connectivity index (χ2v) is 16.8. The van der Waals surface area contributed by atoms with Crippen LogP contribution in [0.2, 0.25) is 0 Å². The first-order valence-electron chi connectivity index (χ1n) is 25.0. The van der Waals surface area contributed by atoms with Crippen molar-refractivity contribution in [3.8, 4) is 0 Å². The number of ether oxygens (including phenoxy) is 3. The van der Waals surface area contributed by atoms with E-state index in [-0.39, 0.29) is 31.1 Å². The summed E-state index contributed by atoms with van der Waals surface area (Å²) < 4.78 is 16.8. The van der Waals surface area contributed by atoms with Crippen molar-refractivity contribution < 1.29 is 28.6 Å². The van der Waals surface area contributed by atoms with Gasteiger partial charge in [-0.25, -0.2) is 0 Å². The Kier molecular flexibility index (Phi) is 45.4. The third-order valence-corrected chi connectivity index (χ3v) is 11.0. The van der Waals surface area contributed by atoms with Crippen molar-refractivity contribution >= 4 is 17.9 Å². The van der Waals surface area contributed by atoms with Crippen LogP contribution in [0.25, 0.3) is 0 Å². The lowest BCUT2D eigenvalue weighted by Gasteiger charge is -2.18. The van der Waals surface area contributed by atoms with E-state index in [1.54, 1.807) is 0 Å². The van der Waals surface area contributed by atoms with Crippen LogP contribution in [-0.2, 0) is 28.6 Å². The lowest BCUT2D eigenvalue weighted by Crippen LogP contribution is -2.30. The lowest BCUT2D eigenvalue weighted by molar-refractivity contribution is -0.167. The minimum Gasteiger partial charge on any atom is -0.462 e. The number of carbonyl (C=O) groups is 3. The first kappa shape index (κ1) is 55.6. The molecule has 1 atom stereocenters. The van der Waals surface area contributed by atoms with Gasteiger partial charge in [0.05, 0.1) is 0 Å². The summed E-state index contributed by atoms with van der Waals surface area (Å²) in [5, 5.41) is 0. The quantitative estimate of drug-likeness (QED) is 0.0264. The molecule has 0 aliphatic carbocycles. The summed E-state index contributed by atoms with van der Waals surface area (Å²) in [6, 6.07) is 0. The zero-order chi connectivity index (χ0) is 42.3. The normalized spacial score (nSPS) is 12.3. The first-order valence-corrected chi connectivity index (χ1v) is 25.0. The largest absolute Gasteiger partial charge is 0.462 e.